The molecule has 1 aromatic rings. The lowest BCUT2D eigenvalue weighted by atomic mass is 10.3. The summed E-state index contributed by atoms with van der Waals surface area (Å²) >= 11 is 4.86. The first-order valence-electron chi connectivity index (χ1n) is 4.62. The highest BCUT2D eigenvalue weighted by atomic mass is 32.1. The molecule has 15 heavy (non-hydrogen) atoms. The summed E-state index contributed by atoms with van der Waals surface area (Å²) in [5, 5.41) is 0. The first-order valence-corrected chi connectivity index (χ1v) is 5.03. The van der Waals surface area contributed by atoms with E-state index in [0.29, 0.717) is 24.7 Å². The van der Waals surface area contributed by atoms with E-state index in [1.807, 2.05) is 0 Å². The molecule has 0 amide bonds. The van der Waals surface area contributed by atoms with E-state index in [4.69, 9.17) is 27.4 Å². The molecule has 1 heterocycles. The Kier molecular flexibility index (Phi) is 5.00. The third kappa shape index (κ3) is 3.81. The molecule has 0 spiro atoms. The Morgan fingerprint density at radius 1 is 1.53 bits per heavy atom. The van der Waals surface area contributed by atoms with Crippen molar-refractivity contribution < 1.29 is 9.47 Å². The monoisotopic (exact) mass is 226 g/mol. The van der Waals surface area contributed by atoms with E-state index in [0.717, 1.165) is 6.42 Å². The molecule has 82 valence electrons. The average molecular weight is 226 g/mol. The number of methoxy groups -OCH3 is 1. The summed E-state index contributed by atoms with van der Waals surface area (Å²) in [6.45, 7) is 1.23. The van der Waals surface area contributed by atoms with Gasteiger partial charge in [-0.15, -0.1) is 0 Å². The molecule has 0 saturated carbocycles. The minimum atomic E-state index is 0.248. The molecule has 0 bridgehead atoms. The molecule has 1 aromatic heterocycles. The highest BCUT2D eigenvalue weighted by Gasteiger charge is 2.06. The molecule has 0 aromatic carbocycles. The zero-order chi connectivity index (χ0) is 11.1. The summed E-state index contributed by atoms with van der Waals surface area (Å²) in [4.78, 5) is 4.30. The van der Waals surface area contributed by atoms with Gasteiger partial charge in [0.05, 0.1) is 6.61 Å². The molecular weight excluding hydrogens is 212 g/mol. The van der Waals surface area contributed by atoms with Gasteiger partial charge in [-0.05, 0) is 12.1 Å². The van der Waals surface area contributed by atoms with Gasteiger partial charge in [0.1, 0.15) is 16.4 Å². The second kappa shape index (κ2) is 6.31. The molecule has 0 saturated heterocycles. The van der Waals surface area contributed by atoms with Gasteiger partial charge >= 0.3 is 0 Å². The van der Waals surface area contributed by atoms with Crippen molar-refractivity contribution in [3.8, 4) is 5.75 Å². The quantitative estimate of drug-likeness (QED) is 0.582. The second-order valence-corrected chi connectivity index (χ2v) is 3.35. The van der Waals surface area contributed by atoms with Crippen LogP contribution in [0.15, 0.2) is 18.3 Å². The van der Waals surface area contributed by atoms with Crippen molar-refractivity contribution in [3.63, 3.8) is 0 Å². The number of nitrogens with zero attached hydrogens (tertiary/aromatic N) is 1. The Bertz CT molecular complexity index is 331. The highest BCUT2D eigenvalue weighted by molar-refractivity contribution is 7.80. The fourth-order valence-electron chi connectivity index (χ4n) is 1.08. The number of hydrogen-bond acceptors (Lipinski definition) is 4. The summed E-state index contributed by atoms with van der Waals surface area (Å²) in [6, 6.07) is 3.59. The van der Waals surface area contributed by atoms with Gasteiger partial charge in [-0.1, -0.05) is 12.2 Å². The molecule has 0 aliphatic rings. The van der Waals surface area contributed by atoms with Crippen LogP contribution in [0.5, 0.6) is 5.75 Å². The second-order valence-electron chi connectivity index (χ2n) is 2.91. The van der Waals surface area contributed by atoms with Gasteiger partial charge in [0.2, 0.25) is 0 Å². The number of aromatic nitrogens is 1. The van der Waals surface area contributed by atoms with Gasteiger partial charge in [-0.25, -0.2) is 4.98 Å². The predicted octanol–water partition coefficient (Wildman–Crippen LogP) is 1.13. The van der Waals surface area contributed by atoms with Crippen LogP contribution in [0.25, 0.3) is 0 Å². The molecule has 0 radical (unpaired) electrons. The van der Waals surface area contributed by atoms with Gasteiger partial charge < -0.3 is 15.2 Å². The molecule has 4 nitrogen and oxygen atoms in total. The number of thiocarbonyl (C=S) groups is 1. The van der Waals surface area contributed by atoms with Crippen molar-refractivity contribution in [1.82, 2.24) is 4.98 Å². The van der Waals surface area contributed by atoms with Crippen LogP contribution in [0.1, 0.15) is 12.1 Å². The van der Waals surface area contributed by atoms with Crippen LogP contribution in [0, 0.1) is 0 Å². The Morgan fingerprint density at radius 3 is 3.00 bits per heavy atom. The van der Waals surface area contributed by atoms with E-state index in [1.54, 1.807) is 25.4 Å². The number of nitrogens with two attached hydrogens (primary N) is 1. The topological polar surface area (TPSA) is 57.4 Å². The van der Waals surface area contributed by atoms with Gasteiger partial charge in [-0.2, -0.15) is 0 Å². The maximum absolute atomic E-state index is 5.51. The van der Waals surface area contributed by atoms with Crippen LogP contribution in [0.2, 0.25) is 0 Å². The molecule has 1 rings (SSSR count). The maximum Gasteiger partial charge on any atom is 0.147 e. The average Bonchev–Trinajstić information content (AvgIpc) is 2.25. The van der Waals surface area contributed by atoms with Crippen molar-refractivity contribution in [2.45, 2.75) is 6.42 Å². The molecule has 0 fully saturated rings. The van der Waals surface area contributed by atoms with Crippen LogP contribution in [-0.2, 0) is 4.74 Å². The van der Waals surface area contributed by atoms with Crippen LogP contribution in [-0.4, -0.2) is 30.3 Å². The van der Waals surface area contributed by atoms with Crippen molar-refractivity contribution >= 4 is 17.2 Å². The molecular formula is C10H14N2O2S. The predicted molar refractivity (Wildman–Crippen MR) is 62.1 cm³/mol. The SMILES string of the molecule is COCCCOc1cccnc1C(N)=S. The molecule has 5 heteroatoms. The van der Waals surface area contributed by atoms with Crippen molar-refractivity contribution in [2.24, 2.45) is 5.73 Å². The van der Waals surface area contributed by atoms with E-state index in [-0.39, 0.29) is 4.99 Å². The minimum absolute atomic E-state index is 0.248. The minimum Gasteiger partial charge on any atom is -0.491 e. The Balaban J connectivity index is 2.56. The zero-order valence-corrected chi connectivity index (χ0v) is 9.42. The smallest absolute Gasteiger partial charge is 0.147 e. The standard InChI is InChI=1S/C10H14N2O2S/c1-13-6-3-7-14-8-4-2-5-12-9(8)10(11)15/h2,4-5H,3,6-7H2,1H3,(H2,11,15). The van der Waals surface area contributed by atoms with E-state index in [9.17, 15) is 0 Å². The molecule has 0 unspecified atom stereocenters. The van der Waals surface area contributed by atoms with Gasteiger partial charge in [0.15, 0.2) is 0 Å². The first-order chi connectivity index (χ1) is 7.25. The molecule has 0 atom stereocenters. The summed E-state index contributed by atoms with van der Waals surface area (Å²) in [6.07, 6.45) is 2.46. The third-order valence-corrected chi connectivity index (χ3v) is 1.95. The lowest BCUT2D eigenvalue weighted by Crippen LogP contribution is -2.14. The van der Waals surface area contributed by atoms with Crippen molar-refractivity contribution in [3.05, 3.63) is 24.0 Å². The lowest BCUT2D eigenvalue weighted by Gasteiger charge is -2.08. The van der Waals surface area contributed by atoms with Gasteiger partial charge in [0.25, 0.3) is 0 Å². The molecule has 2 N–H and O–H groups in total. The summed E-state index contributed by atoms with van der Waals surface area (Å²) in [5.74, 6) is 0.626. The van der Waals surface area contributed by atoms with Crippen LogP contribution in [0.4, 0.5) is 0 Å². The third-order valence-electron chi connectivity index (χ3n) is 1.75. The van der Waals surface area contributed by atoms with Crippen LogP contribution >= 0.6 is 12.2 Å². The number of ether oxygens (including phenoxy) is 2. The van der Waals surface area contributed by atoms with Gasteiger partial charge in [0, 0.05) is 26.3 Å². The van der Waals surface area contributed by atoms with Crippen molar-refractivity contribution in [2.75, 3.05) is 20.3 Å². The highest BCUT2D eigenvalue weighted by Crippen LogP contribution is 2.14. The molecule has 0 aliphatic heterocycles. The zero-order valence-electron chi connectivity index (χ0n) is 8.60. The number of pyridine rings is 1. The maximum atomic E-state index is 5.51. The normalized spacial score (nSPS) is 9.93. The number of rotatable bonds is 6. The lowest BCUT2D eigenvalue weighted by molar-refractivity contribution is 0.172. The Morgan fingerprint density at radius 2 is 2.33 bits per heavy atom. The Labute approximate surface area is 94.4 Å². The van der Waals surface area contributed by atoms with E-state index in [2.05, 4.69) is 4.98 Å². The summed E-state index contributed by atoms with van der Waals surface area (Å²) < 4.78 is 10.4. The van der Waals surface area contributed by atoms with E-state index >= 15 is 0 Å². The largest absolute Gasteiger partial charge is 0.491 e. The van der Waals surface area contributed by atoms with Crippen LogP contribution in [0.3, 0.4) is 0 Å². The first kappa shape index (κ1) is 11.9. The van der Waals surface area contributed by atoms with E-state index in [1.165, 1.54) is 0 Å². The molecule has 0 aliphatic carbocycles. The van der Waals surface area contributed by atoms with Crippen molar-refractivity contribution in [1.29, 1.82) is 0 Å². The fraction of sp³-hybridized carbons (Fsp3) is 0.400. The van der Waals surface area contributed by atoms with E-state index < -0.39 is 0 Å². The summed E-state index contributed by atoms with van der Waals surface area (Å²) in [5.41, 5.74) is 6.04. The number of hydrogen-bond donors (Lipinski definition) is 1. The van der Waals surface area contributed by atoms with Crippen LogP contribution < -0.4 is 10.5 Å². The summed E-state index contributed by atoms with van der Waals surface area (Å²) in [7, 11) is 1.66. The Hall–Kier alpha value is -1.20. The fourth-order valence-corrected chi connectivity index (χ4v) is 1.23. The van der Waals surface area contributed by atoms with Gasteiger partial charge in [-0.3, -0.25) is 0 Å².